The van der Waals surface area contributed by atoms with Gasteiger partial charge in [0.25, 0.3) is 6.43 Å². The Kier molecular flexibility index (Phi) is 3.68. The number of rotatable bonds is 3. The van der Waals surface area contributed by atoms with Gasteiger partial charge in [0.15, 0.2) is 5.65 Å². The van der Waals surface area contributed by atoms with Gasteiger partial charge in [-0.05, 0) is 12.0 Å². The van der Waals surface area contributed by atoms with Crippen LogP contribution in [0.2, 0.25) is 5.02 Å². The molecular formula is C17H14ClF2N5. The maximum Gasteiger partial charge on any atom is 0.280 e. The minimum absolute atomic E-state index is 0.137. The fourth-order valence-electron chi connectivity index (χ4n) is 3.00. The van der Waals surface area contributed by atoms with E-state index in [1.807, 2.05) is 26.0 Å². The van der Waals surface area contributed by atoms with Gasteiger partial charge in [-0.1, -0.05) is 37.6 Å². The highest BCUT2D eigenvalue weighted by atomic mass is 35.5. The molecule has 0 spiro atoms. The molecular weight excluding hydrogens is 348 g/mol. The molecule has 0 saturated carbocycles. The molecule has 0 aliphatic heterocycles. The number of halogens is 3. The van der Waals surface area contributed by atoms with Crippen molar-refractivity contribution >= 4 is 28.2 Å². The van der Waals surface area contributed by atoms with Gasteiger partial charge in [-0.15, -0.1) is 0 Å². The molecule has 0 atom stereocenters. The minimum atomic E-state index is -2.65. The minimum Gasteiger partial charge on any atom is -0.280 e. The van der Waals surface area contributed by atoms with Crippen LogP contribution in [0.5, 0.6) is 0 Å². The van der Waals surface area contributed by atoms with E-state index in [2.05, 4.69) is 15.1 Å². The van der Waals surface area contributed by atoms with Gasteiger partial charge in [0.2, 0.25) is 0 Å². The standard InChI is InChI=1S/C17H14ClF2N5/c1-9(2)13-15(16(19)20)24-8-21-7-12(17(24)23-13)25-14-10(6-22-25)4-3-5-11(14)18/h3-9,16H,1-2H3. The summed E-state index contributed by atoms with van der Waals surface area (Å²) in [5.41, 5.74) is 1.78. The predicted molar refractivity (Wildman–Crippen MR) is 91.7 cm³/mol. The number of hydrogen-bond donors (Lipinski definition) is 0. The van der Waals surface area contributed by atoms with Crippen molar-refractivity contribution in [3.63, 3.8) is 0 Å². The first kappa shape index (κ1) is 16.0. The monoisotopic (exact) mass is 361 g/mol. The van der Waals surface area contributed by atoms with Crippen LogP contribution < -0.4 is 0 Å². The number of fused-ring (bicyclic) bond motifs is 2. The Hall–Kier alpha value is -2.54. The molecule has 0 N–H and O–H groups in total. The van der Waals surface area contributed by atoms with Crippen molar-refractivity contribution in [2.24, 2.45) is 0 Å². The average molecular weight is 362 g/mol. The van der Waals surface area contributed by atoms with E-state index in [1.54, 1.807) is 23.1 Å². The normalized spacial score (nSPS) is 12.1. The van der Waals surface area contributed by atoms with Gasteiger partial charge in [-0.3, -0.25) is 4.40 Å². The Morgan fingerprint density at radius 2 is 1.96 bits per heavy atom. The Bertz CT molecular complexity index is 1080. The van der Waals surface area contributed by atoms with Crippen molar-refractivity contribution in [2.45, 2.75) is 26.2 Å². The van der Waals surface area contributed by atoms with Crippen molar-refractivity contribution in [3.8, 4) is 5.69 Å². The highest BCUT2D eigenvalue weighted by Crippen LogP contribution is 2.32. The molecule has 0 saturated heterocycles. The molecule has 4 aromatic rings. The largest absolute Gasteiger partial charge is 0.280 e. The summed E-state index contributed by atoms with van der Waals surface area (Å²) >= 11 is 6.31. The third-order valence-corrected chi connectivity index (χ3v) is 4.41. The van der Waals surface area contributed by atoms with Crippen LogP contribution in [0.1, 0.15) is 37.6 Å². The molecule has 1 aromatic carbocycles. The van der Waals surface area contributed by atoms with Gasteiger partial charge in [0, 0.05) is 5.39 Å². The van der Waals surface area contributed by atoms with E-state index >= 15 is 0 Å². The summed E-state index contributed by atoms with van der Waals surface area (Å²) < 4.78 is 30.1. The zero-order chi connectivity index (χ0) is 17.7. The highest BCUT2D eigenvalue weighted by molar-refractivity contribution is 6.35. The lowest BCUT2D eigenvalue weighted by Crippen LogP contribution is -2.03. The summed E-state index contributed by atoms with van der Waals surface area (Å²) in [7, 11) is 0. The highest BCUT2D eigenvalue weighted by Gasteiger charge is 2.25. The molecule has 4 rings (SSSR count). The third-order valence-electron chi connectivity index (χ3n) is 4.11. The number of benzene rings is 1. The summed E-state index contributed by atoms with van der Waals surface area (Å²) in [5.74, 6) is -0.144. The Balaban J connectivity index is 2.07. The van der Waals surface area contributed by atoms with Gasteiger partial charge in [0.1, 0.15) is 17.7 Å². The van der Waals surface area contributed by atoms with Gasteiger partial charge in [-0.2, -0.15) is 5.10 Å². The molecule has 3 aromatic heterocycles. The van der Waals surface area contributed by atoms with Crippen LogP contribution in [-0.4, -0.2) is 24.1 Å². The van der Waals surface area contributed by atoms with E-state index < -0.39 is 6.43 Å². The quantitative estimate of drug-likeness (QED) is 0.527. The van der Waals surface area contributed by atoms with E-state index in [9.17, 15) is 8.78 Å². The molecule has 0 bridgehead atoms. The second kappa shape index (κ2) is 5.77. The zero-order valence-corrected chi connectivity index (χ0v) is 14.2. The first-order valence-corrected chi connectivity index (χ1v) is 8.13. The Morgan fingerprint density at radius 1 is 1.16 bits per heavy atom. The number of hydrogen-bond acceptors (Lipinski definition) is 3. The van der Waals surface area contributed by atoms with E-state index in [4.69, 9.17) is 11.6 Å². The van der Waals surface area contributed by atoms with Crippen molar-refractivity contribution < 1.29 is 8.78 Å². The van der Waals surface area contributed by atoms with Crippen LogP contribution in [0.25, 0.3) is 22.2 Å². The lowest BCUT2D eigenvalue weighted by molar-refractivity contribution is 0.143. The van der Waals surface area contributed by atoms with Crippen LogP contribution in [-0.2, 0) is 0 Å². The smallest absolute Gasteiger partial charge is 0.280 e. The fraction of sp³-hybridized carbons (Fsp3) is 0.235. The molecule has 8 heteroatoms. The molecule has 128 valence electrons. The summed E-state index contributed by atoms with van der Waals surface area (Å²) in [6.45, 7) is 3.67. The first-order valence-electron chi connectivity index (χ1n) is 7.75. The molecule has 0 radical (unpaired) electrons. The SMILES string of the molecule is CC(C)c1nc2c(-n3ncc4cccc(Cl)c43)cncn2c1C(F)F. The van der Waals surface area contributed by atoms with Crippen LogP contribution in [0.15, 0.2) is 36.9 Å². The Morgan fingerprint density at radius 3 is 2.68 bits per heavy atom. The third kappa shape index (κ3) is 2.38. The first-order chi connectivity index (χ1) is 12.0. The van der Waals surface area contributed by atoms with Gasteiger partial charge in [0.05, 0.1) is 28.6 Å². The molecule has 3 heterocycles. The number of para-hydroxylation sites is 1. The second-order valence-electron chi connectivity index (χ2n) is 6.04. The van der Waals surface area contributed by atoms with Crippen molar-refractivity contribution in [2.75, 3.05) is 0 Å². The molecule has 0 unspecified atom stereocenters. The fourth-order valence-corrected chi connectivity index (χ4v) is 3.26. The Labute approximate surface area is 146 Å². The van der Waals surface area contributed by atoms with Crippen molar-refractivity contribution in [1.29, 1.82) is 0 Å². The van der Waals surface area contributed by atoms with Gasteiger partial charge >= 0.3 is 0 Å². The van der Waals surface area contributed by atoms with E-state index in [1.165, 1.54) is 10.7 Å². The molecule has 0 fully saturated rings. The van der Waals surface area contributed by atoms with Crippen LogP contribution >= 0.6 is 11.6 Å². The van der Waals surface area contributed by atoms with Crippen molar-refractivity contribution in [3.05, 3.63) is 53.3 Å². The summed E-state index contributed by atoms with van der Waals surface area (Å²) in [4.78, 5) is 8.57. The number of alkyl halides is 2. The van der Waals surface area contributed by atoms with Gasteiger partial charge in [-0.25, -0.2) is 23.4 Å². The van der Waals surface area contributed by atoms with Crippen LogP contribution in [0.4, 0.5) is 8.78 Å². The number of nitrogens with zero attached hydrogens (tertiary/aromatic N) is 5. The van der Waals surface area contributed by atoms with Crippen LogP contribution in [0.3, 0.4) is 0 Å². The van der Waals surface area contributed by atoms with Gasteiger partial charge < -0.3 is 0 Å². The van der Waals surface area contributed by atoms with E-state index in [0.717, 1.165) is 5.39 Å². The maximum absolute atomic E-state index is 13.6. The molecule has 5 nitrogen and oxygen atoms in total. The summed E-state index contributed by atoms with van der Waals surface area (Å²) in [6, 6.07) is 5.47. The van der Waals surface area contributed by atoms with Crippen LogP contribution in [0, 0.1) is 0 Å². The predicted octanol–water partition coefficient (Wildman–Crippen LogP) is 4.78. The lowest BCUT2D eigenvalue weighted by atomic mass is 10.1. The van der Waals surface area contributed by atoms with E-state index in [-0.39, 0.29) is 11.6 Å². The lowest BCUT2D eigenvalue weighted by Gasteiger charge is -2.07. The second-order valence-corrected chi connectivity index (χ2v) is 6.45. The summed E-state index contributed by atoms with van der Waals surface area (Å²) in [5, 5.41) is 5.72. The number of aromatic nitrogens is 5. The number of imidazole rings is 1. The molecule has 0 aliphatic carbocycles. The molecule has 25 heavy (non-hydrogen) atoms. The molecule has 0 aliphatic rings. The average Bonchev–Trinajstić information content (AvgIpc) is 3.16. The topological polar surface area (TPSA) is 48.0 Å². The zero-order valence-electron chi connectivity index (χ0n) is 13.5. The van der Waals surface area contributed by atoms with Crippen molar-refractivity contribution in [1.82, 2.24) is 24.1 Å². The summed E-state index contributed by atoms with van der Waals surface area (Å²) in [6.07, 6.45) is 1.93. The molecule has 0 amide bonds. The van der Waals surface area contributed by atoms with E-state index in [0.29, 0.717) is 27.6 Å². The maximum atomic E-state index is 13.6.